The number of nitrogen functional groups attached to an aromatic ring is 1. The van der Waals surface area contributed by atoms with Crippen molar-refractivity contribution in [2.45, 2.75) is 6.61 Å². The minimum atomic E-state index is -0.0492. The maximum atomic E-state index is 9.03. The average molecular weight is 247 g/mol. The molecule has 6 heteroatoms. The molecule has 94 valence electrons. The fourth-order valence-corrected chi connectivity index (χ4v) is 1.41. The third-order valence-electron chi connectivity index (χ3n) is 2.21. The van der Waals surface area contributed by atoms with E-state index < -0.39 is 0 Å². The third kappa shape index (κ3) is 2.86. The van der Waals surface area contributed by atoms with Crippen LogP contribution < -0.4 is 15.2 Å². The quantitative estimate of drug-likeness (QED) is 0.847. The second-order valence-corrected chi connectivity index (χ2v) is 3.51. The molecule has 0 fully saturated rings. The summed E-state index contributed by atoms with van der Waals surface area (Å²) in [5, 5.41) is 9.03. The number of hydrogen-bond acceptors (Lipinski definition) is 6. The lowest BCUT2D eigenvalue weighted by Gasteiger charge is -2.07. The number of nitrogens with two attached hydrogens (primary N) is 1. The Hall–Kier alpha value is -2.34. The van der Waals surface area contributed by atoms with Gasteiger partial charge in [-0.05, 0) is 17.7 Å². The molecule has 3 N–H and O–H groups in total. The zero-order chi connectivity index (χ0) is 13.0. The van der Waals surface area contributed by atoms with Gasteiger partial charge in [-0.3, -0.25) is 0 Å². The van der Waals surface area contributed by atoms with Gasteiger partial charge in [0, 0.05) is 0 Å². The number of hydrogen-bond donors (Lipinski definition) is 2. The van der Waals surface area contributed by atoms with E-state index in [9.17, 15) is 0 Å². The Labute approximate surface area is 104 Å². The Morgan fingerprint density at radius 3 is 2.72 bits per heavy atom. The number of nitrogens with zero attached hydrogens (tertiary/aromatic N) is 2. The second kappa shape index (κ2) is 5.33. The number of aliphatic hydroxyl groups excluding tert-OH is 1. The Kier molecular flexibility index (Phi) is 3.59. The Morgan fingerprint density at radius 1 is 1.22 bits per heavy atom. The maximum Gasteiger partial charge on any atom is 0.227 e. The molecule has 0 aliphatic rings. The Morgan fingerprint density at radius 2 is 2.00 bits per heavy atom. The average Bonchev–Trinajstić information content (AvgIpc) is 2.38. The first-order valence-corrected chi connectivity index (χ1v) is 5.27. The highest BCUT2D eigenvalue weighted by Gasteiger charge is 2.05. The van der Waals surface area contributed by atoms with Crippen molar-refractivity contribution in [2.24, 2.45) is 0 Å². The molecule has 6 nitrogen and oxygen atoms in total. The fourth-order valence-electron chi connectivity index (χ4n) is 1.41. The molecule has 0 spiro atoms. The summed E-state index contributed by atoms with van der Waals surface area (Å²) in [5.41, 5.74) is 6.27. The van der Waals surface area contributed by atoms with Crippen molar-refractivity contribution < 1.29 is 14.6 Å². The van der Waals surface area contributed by atoms with E-state index in [-0.39, 0.29) is 18.4 Å². The smallest absolute Gasteiger partial charge is 0.227 e. The van der Waals surface area contributed by atoms with Crippen LogP contribution in [-0.4, -0.2) is 22.2 Å². The van der Waals surface area contributed by atoms with Crippen molar-refractivity contribution in [1.29, 1.82) is 0 Å². The lowest BCUT2D eigenvalue weighted by atomic mass is 10.2. The van der Waals surface area contributed by atoms with Gasteiger partial charge in [-0.1, -0.05) is 12.1 Å². The minimum Gasteiger partial charge on any atom is -0.481 e. The number of methoxy groups -OCH3 is 1. The van der Waals surface area contributed by atoms with Crippen molar-refractivity contribution in [3.8, 4) is 17.5 Å². The van der Waals surface area contributed by atoms with Gasteiger partial charge in [0.05, 0.1) is 19.8 Å². The van der Waals surface area contributed by atoms with Crippen LogP contribution in [0.3, 0.4) is 0 Å². The first-order chi connectivity index (χ1) is 8.71. The number of benzene rings is 1. The molecule has 2 rings (SSSR count). The predicted molar refractivity (Wildman–Crippen MR) is 65.4 cm³/mol. The van der Waals surface area contributed by atoms with E-state index in [0.29, 0.717) is 11.6 Å². The van der Waals surface area contributed by atoms with E-state index >= 15 is 0 Å². The number of anilines is 1. The molecular weight excluding hydrogens is 234 g/mol. The summed E-state index contributed by atoms with van der Waals surface area (Å²) < 4.78 is 10.5. The van der Waals surface area contributed by atoms with Gasteiger partial charge in [-0.2, -0.15) is 9.97 Å². The zero-order valence-electron chi connectivity index (χ0n) is 9.83. The lowest BCUT2D eigenvalue weighted by Crippen LogP contribution is -1.99. The lowest BCUT2D eigenvalue weighted by molar-refractivity contribution is 0.281. The van der Waals surface area contributed by atoms with Crippen molar-refractivity contribution >= 4 is 5.95 Å². The molecule has 0 radical (unpaired) electrons. The molecular formula is C12H13N3O3. The van der Waals surface area contributed by atoms with Gasteiger partial charge >= 0.3 is 0 Å². The van der Waals surface area contributed by atoms with E-state index in [4.69, 9.17) is 20.3 Å². The number of aromatic nitrogens is 2. The van der Waals surface area contributed by atoms with Gasteiger partial charge in [0.15, 0.2) is 0 Å². The molecule has 1 heterocycles. The van der Waals surface area contributed by atoms with Crippen molar-refractivity contribution in [3.05, 3.63) is 35.9 Å². The highest BCUT2D eigenvalue weighted by Crippen LogP contribution is 2.23. The highest BCUT2D eigenvalue weighted by molar-refractivity contribution is 5.35. The number of aliphatic hydroxyl groups is 1. The van der Waals surface area contributed by atoms with Crippen LogP contribution in [0.25, 0.3) is 0 Å². The molecule has 18 heavy (non-hydrogen) atoms. The fraction of sp³-hybridized carbons (Fsp3) is 0.167. The standard InChI is InChI=1S/C12H13N3O3/c1-17-10-6-11(15-12(13)14-10)18-9-4-2-3-8(5-9)7-16/h2-6,16H,7H2,1H3,(H2,13,14,15). The van der Waals surface area contributed by atoms with E-state index in [1.54, 1.807) is 24.3 Å². The van der Waals surface area contributed by atoms with E-state index in [2.05, 4.69) is 9.97 Å². The molecule has 0 bridgehead atoms. The number of ether oxygens (including phenoxy) is 2. The summed E-state index contributed by atoms with van der Waals surface area (Å²) in [6.45, 7) is -0.0492. The van der Waals surface area contributed by atoms with Crippen LogP contribution >= 0.6 is 0 Å². The van der Waals surface area contributed by atoms with E-state index in [1.165, 1.54) is 13.2 Å². The third-order valence-corrected chi connectivity index (χ3v) is 2.21. The van der Waals surface area contributed by atoms with Crippen LogP contribution in [0, 0.1) is 0 Å². The topological polar surface area (TPSA) is 90.5 Å². The Bertz CT molecular complexity index is 546. The molecule has 0 atom stereocenters. The molecule has 0 aliphatic carbocycles. The van der Waals surface area contributed by atoms with Gasteiger partial charge in [0.1, 0.15) is 5.75 Å². The number of rotatable bonds is 4. The van der Waals surface area contributed by atoms with Crippen LogP contribution in [0.4, 0.5) is 5.95 Å². The van der Waals surface area contributed by atoms with Crippen LogP contribution in [0.15, 0.2) is 30.3 Å². The molecule has 2 aromatic rings. The van der Waals surface area contributed by atoms with Gasteiger partial charge in [-0.15, -0.1) is 0 Å². The summed E-state index contributed by atoms with van der Waals surface area (Å²) in [7, 11) is 1.48. The van der Waals surface area contributed by atoms with Crippen LogP contribution in [0.5, 0.6) is 17.5 Å². The maximum absolute atomic E-state index is 9.03. The summed E-state index contributed by atoms with van der Waals surface area (Å²) in [6.07, 6.45) is 0. The van der Waals surface area contributed by atoms with Gasteiger partial charge in [0.2, 0.25) is 17.7 Å². The molecule has 0 amide bonds. The summed E-state index contributed by atoms with van der Waals surface area (Å²) in [6, 6.07) is 8.57. The highest BCUT2D eigenvalue weighted by atomic mass is 16.5. The minimum absolute atomic E-state index is 0.0492. The zero-order valence-corrected chi connectivity index (χ0v) is 9.83. The summed E-state index contributed by atoms with van der Waals surface area (Å²) in [5.74, 6) is 1.25. The molecule has 1 aromatic heterocycles. The normalized spacial score (nSPS) is 10.1. The van der Waals surface area contributed by atoms with Crippen molar-refractivity contribution in [2.75, 3.05) is 12.8 Å². The SMILES string of the molecule is COc1cc(Oc2cccc(CO)c2)nc(N)n1. The van der Waals surface area contributed by atoms with Crippen LogP contribution in [0.2, 0.25) is 0 Å². The van der Waals surface area contributed by atoms with Crippen molar-refractivity contribution in [1.82, 2.24) is 9.97 Å². The van der Waals surface area contributed by atoms with Gasteiger partial charge in [-0.25, -0.2) is 0 Å². The monoisotopic (exact) mass is 247 g/mol. The van der Waals surface area contributed by atoms with Crippen molar-refractivity contribution in [3.63, 3.8) is 0 Å². The van der Waals surface area contributed by atoms with E-state index in [0.717, 1.165) is 5.56 Å². The molecule has 0 saturated carbocycles. The molecule has 0 unspecified atom stereocenters. The summed E-state index contributed by atoms with van der Waals surface area (Å²) in [4.78, 5) is 7.79. The van der Waals surface area contributed by atoms with E-state index in [1.807, 2.05) is 0 Å². The molecule has 1 aromatic carbocycles. The largest absolute Gasteiger partial charge is 0.481 e. The molecule has 0 aliphatic heterocycles. The second-order valence-electron chi connectivity index (χ2n) is 3.51. The molecule has 0 saturated heterocycles. The summed E-state index contributed by atoms with van der Waals surface area (Å²) >= 11 is 0. The first-order valence-electron chi connectivity index (χ1n) is 5.27. The first kappa shape index (κ1) is 12.1. The Balaban J connectivity index is 2.24. The van der Waals surface area contributed by atoms with Gasteiger partial charge in [0.25, 0.3) is 0 Å². The van der Waals surface area contributed by atoms with Crippen LogP contribution in [-0.2, 0) is 6.61 Å². The van der Waals surface area contributed by atoms with Crippen LogP contribution in [0.1, 0.15) is 5.56 Å². The predicted octanol–water partition coefficient (Wildman–Crippen LogP) is 1.35. The van der Waals surface area contributed by atoms with Gasteiger partial charge < -0.3 is 20.3 Å².